The van der Waals surface area contributed by atoms with Gasteiger partial charge in [0, 0.05) is 11.1 Å². The van der Waals surface area contributed by atoms with Crippen LogP contribution in [-0.2, 0) is 10.8 Å². The normalized spacial score (nSPS) is 12.7. The Morgan fingerprint density at radius 2 is 1.63 bits per heavy atom. The van der Waals surface area contributed by atoms with Crippen molar-refractivity contribution in [2.75, 3.05) is 6.61 Å². The molecule has 0 radical (unpaired) electrons. The Balaban J connectivity index is 2.23. The highest BCUT2D eigenvalue weighted by molar-refractivity contribution is 9.10. The first kappa shape index (κ1) is 16.9. The quantitative estimate of drug-likeness (QED) is 0.469. The smallest absolute Gasteiger partial charge is 0.191 e. The van der Waals surface area contributed by atoms with E-state index in [1.54, 1.807) is 0 Å². The average molecular weight is 343 g/mol. The maximum atomic E-state index is 6.18. The van der Waals surface area contributed by atoms with E-state index in [2.05, 4.69) is 74.1 Å². The number of hydrogen-bond acceptors (Lipinski definition) is 1. The summed E-state index contributed by atoms with van der Waals surface area (Å²) < 4.78 is 7.33. The van der Waals surface area contributed by atoms with E-state index in [-0.39, 0.29) is 0 Å². The predicted molar refractivity (Wildman–Crippen MR) is 90.2 cm³/mol. The summed E-state index contributed by atoms with van der Waals surface area (Å²) in [5.41, 5.74) is 1.41. The molecule has 0 atom stereocenters. The first-order chi connectivity index (χ1) is 8.72. The van der Waals surface area contributed by atoms with Crippen LogP contribution in [0.4, 0.5) is 0 Å². The minimum Gasteiger partial charge on any atom is -0.417 e. The van der Waals surface area contributed by atoms with E-state index >= 15 is 0 Å². The molecule has 1 nitrogen and oxygen atoms in total. The predicted octanol–water partition coefficient (Wildman–Crippen LogP) is 5.79. The van der Waals surface area contributed by atoms with Gasteiger partial charge in [-0.15, -0.1) is 0 Å². The summed E-state index contributed by atoms with van der Waals surface area (Å²) in [6.07, 6.45) is 3.51. The van der Waals surface area contributed by atoms with Crippen molar-refractivity contribution in [1.82, 2.24) is 0 Å². The number of rotatable bonds is 6. The van der Waals surface area contributed by atoms with Crippen molar-refractivity contribution >= 4 is 24.2 Å². The van der Waals surface area contributed by atoms with Crippen molar-refractivity contribution in [2.45, 2.75) is 58.2 Å². The lowest BCUT2D eigenvalue weighted by Gasteiger charge is -2.36. The van der Waals surface area contributed by atoms with E-state index in [1.807, 2.05) is 0 Å². The molecule has 0 amide bonds. The molecule has 0 aliphatic carbocycles. The van der Waals surface area contributed by atoms with Crippen molar-refractivity contribution in [3.63, 3.8) is 0 Å². The summed E-state index contributed by atoms with van der Waals surface area (Å²) in [7, 11) is -1.55. The highest BCUT2D eigenvalue weighted by atomic mass is 79.9. The van der Waals surface area contributed by atoms with E-state index in [9.17, 15) is 0 Å². The number of aryl methyl sites for hydroxylation is 1. The SMILES string of the molecule is CC(C)(C)[Si](C)(C)OCCCCc1ccc(Br)cc1. The van der Waals surface area contributed by atoms with Gasteiger partial charge in [0.25, 0.3) is 0 Å². The van der Waals surface area contributed by atoms with Gasteiger partial charge in [-0.3, -0.25) is 0 Å². The Labute approximate surface area is 128 Å². The molecule has 0 saturated heterocycles. The second-order valence-corrected chi connectivity index (χ2v) is 12.4. The third-order valence-electron chi connectivity index (χ3n) is 4.04. The summed E-state index contributed by atoms with van der Waals surface area (Å²) >= 11 is 3.46. The molecule has 1 rings (SSSR count). The molecule has 1 aromatic carbocycles. The maximum Gasteiger partial charge on any atom is 0.191 e. The molecule has 0 aliphatic rings. The van der Waals surface area contributed by atoms with Crippen LogP contribution in [-0.4, -0.2) is 14.9 Å². The second kappa shape index (κ2) is 7.05. The van der Waals surface area contributed by atoms with Crippen LogP contribution in [0.2, 0.25) is 18.1 Å². The van der Waals surface area contributed by atoms with Crippen molar-refractivity contribution in [3.05, 3.63) is 34.3 Å². The molecule has 3 heteroatoms. The molecule has 0 heterocycles. The zero-order valence-electron chi connectivity index (χ0n) is 12.9. The molecule has 0 N–H and O–H groups in total. The first-order valence-electron chi connectivity index (χ1n) is 7.11. The molecule has 1 aromatic rings. The van der Waals surface area contributed by atoms with E-state index in [1.165, 1.54) is 12.0 Å². The molecule has 0 aromatic heterocycles. The number of hydrogen-bond donors (Lipinski definition) is 0. The van der Waals surface area contributed by atoms with Crippen LogP contribution < -0.4 is 0 Å². The standard InChI is InChI=1S/C16H27BrOSi/c1-16(2,3)19(4,5)18-13-7-6-8-14-9-11-15(17)12-10-14/h9-12H,6-8,13H2,1-5H3. The first-order valence-corrected chi connectivity index (χ1v) is 10.8. The van der Waals surface area contributed by atoms with Gasteiger partial charge in [0.2, 0.25) is 0 Å². The fraction of sp³-hybridized carbons (Fsp3) is 0.625. The van der Waals surface area contributed by atoms with Crippen LogP contribution in [0.25, 0.3) is 0 Å². The zero-order valence-corrected chi connectivity index (χ0v) is 15.5. The highest BCUT2D eigenvalue weighted by Crippen LogP contribution is 2.36. The van der Waals surface area contributed by atoms with Gasteiger partial charge >= 0.3 is 0 Å². The van der Waals surface area contributed by atoms with Crippen LogP contribution in [0, 0.1) is 0 Å². The molecular weight excluding hydrogens is 316 g/mol. The van der Waals surface area contributed by atoms with Crippen molar-refractivity contribution < 1.29 is 4.43 Å². The van der Waals surface area contributed by atoms with Crippen LogP contribution in [0.3, 0.4) is 0 Å². The Morgan fingerprint density at radius 1 is 1.05 bits per heavy atom. The van der Waals surface area contributed by atoms with E-state index < -0.39 is 8.32 Å². The molecular formula is C16H27BrOSi. The van der Waals surface area contributed by atoms with Gasteiger partial charge in [-0.25, -0.2) is 0 Å². The largest absolute Gasteiger partial charge is 0.417 e. The van der Waals surface area contributed by atoms with Gasteiger partial charge in [-0.1, -0.05) is 48.8 Å². The van der Waals surface area contributed by atoms with Crippen LogP contribution >= 0.6 is 15.9 Å². The van der Waals surface area contributed by atoms with E-state index in [0.29, 0.717) is 5.04 Å². The average Bonchev–Trinajstić information content (AvgIpc) is 2.29. The third-order valence-corrected chi connectivity index (χ3v) is 9.11. The Hall–Kier alpha value is -0.123. The molecule has 0 spiro atoms. The van der Waals surface area contributed by atoms with Gasteiger partial charge in [0.05, 0.1) is 0 Å². The summed E-state index contributed by atoms with van der Waals surface area (Å²) in [5, 5.41) is 0.318. The number of benzene rings is 1. The topological polar surface area (TPSA) is 9.23 Å². The summed E-state index contributed by atoms with van der Waals surface area (Å²) in [4.78, 5) is 0. The Bertz CT molecular complexity index is 379. The van der Waals surface area contributed by atoms with Crippen molar-refractivity contribution in [1.29, 1.82) is 0 Å². The summed E-state index contributed by atoms with van der Waals surface area (Å²) in [6, 6.07) is 8.61. The van der Waals surface area contributed by atoms with Crippen LogP contribution in [0.1, 0.15) is 39.2 Å². The lowest BCUT2D eigenvalue weighted by atomic mass is 10.1. The lowest BCUT2D eigenvalue weighted by Crippen LogP contribution is -2.40. The minimum atomic E-state index is -1.55. The summed E-state index contributed by atoms with van der Waals surface area (Å²) in [5.74, 6) is 0. The Morgan fingerprint density at radius 3 is 2.16 bits per heavy atom. The van der Waals surface area contributed by atoms with Crippen molar-refractivity contribution in [2.24, 2.45) is 0 Å². The number of unbranched alkanes of at least 4 members (excludes halogenated alkanes) is 1. The van der Waals surface area contributed by atoms with Gasteiger partial charge in [-0.2, -0.15) is 0 Å². The monoisotopic (exact) mass is 342 g/mol. The molecule has 0 unspecified atom stereocenters. The molecule has 108 valence electrons. The molecule has 0 saturated carbocycles. The highest BCUT2D eigenvalue weighted by Gasteiger charge is 2.36. The van der Waals surface area contributed by atoms with Gasteiger partial charge in [0.15, 0.2) is 8.32 Å². The Kier molecular flexibility index (Phi) is 6.28. The fourth-order valence-corrected chi connectivity index (χ4v) is 2.98. The van der Waals surface area contributed by atoms with Crippen LogP contribution in [0.15, 0.2) is 28.7 Å². The van der Waals surface area contributed by atoms with E-state index in [4.69, 9.17) is 4.43 Å². The third kappa shape index (κ3) is 5.80. The fourth-order valence-electron chi connectivity index (χ4n) is 1.63. The zero-order chi connectivity index (χ0) is 14.5. The second-order valence-electron chi connectivity index (χ2n) is 6.69. The molecule has 0 aliphatic heterocycles. The van der Waals surface area contributed by atoms with E-state index in [0.717, 1.165) is 23.9 Å². The molecule has 19 heavy (non-hydrogen) atoms. The molecule has 0 bridgehead atoms. The summed E-state index contributed by atoms with van der Waals surface area (Å²) in [6.45, 7) is 12.4. The minimum absolute atomic E-state index is 0.318. The van der Waals surface area contributed by atoms with Gasteiger partial charge in [-0.05, 0) is 55.1 Å². The maximum absolute atomic E-state index is 6.18. The van der Waals surface area contributed by atoms with Gasteiger partial charge in [0.1, 0.15) is 0 Å². The lowest BCUT2D eigenvalue weighted by molar-refractivity contribution is 0.279. The molecule has 0 fully saturated rings. The number of halogens is 1. The van der Waals surface area contributed by atoms with Gasteiger partial charge < -0.3 is 4.43 Å². The van der Waals surface area contributed by atoms with Crippen LogP contribution in [0.5, 0.6) is 0 Å². The van der Waals surface area contributed by atoms with Crippen molar-refractivity contribution in [3.8, 4) is 0 Å².